The molecule has 1 rings (SSSR count). The fraction of sp³-hybridized carbons (Fsp3) is 0.533. The van der Waals surface area contributed by atoms with Crippen LogP contribution in [-0.4, -0.2) is 29.9 Å². The van der Waals surface area contributed by atoms with E-state index in [9.17, 15) is 14.3 Å². The van der Waals surface area contributed by atoms with E-state index >= 15 is 0 Å². The molecule has 0 aliphatic heterocycles. The molecule has 0 bridgehead atoms. The molecule has 124 valence electrons. The Hall–Kier alpha value is -1.18. The molecule has 1 unspecified atom stereocenters. The number of rotatable bonds is 5. The molecular weight excluding hydrogens is 355 g/mol. The minimum absolute atomic E-state index is 0.0156. The van der Waals surface area contributed by atoms with Gasteiger partial charge < -0.3 is 15.2 Å². The van der Waals surface area contributed by atoms with Crippen LogP contribution in [-0.2, 0) is 4.74 Å². The van der Waals surface area contributed by atoms with Gasteiger partial charge in [-0.25, -0.2) is 9.18 Å². The first-order valence-corrected chi connectivity index (χ1v) is 7.79. The molecule has 5 nitrogen and oxygen atoms in total. The van der Waals surface area contributed by atoms with Crippen molar-refractivity contribution in [3.8, 4) is 0 Å². The van der Waals surface area contributed by atoms with Crippen molar-refractivity contribution >= 4 is 27.7 Å². The summed E-state index contributed by atoms with van der Waals surface area (Å²) in [6.07, 6.45) is -1.59. The van der Waals surface area contributed by atoms with Crippen molar-refractivity contribution < 1.29 is 19.0 Å². The zero-order chi connectivity index (χ0) is 16.9. The Bertz CT molecular complexity index is 509. The lowest BCUT2D eigenvalue weighted by atomic mass is 10.1. The number of β-amino-alcohol motifs (C(OH)–C–C–N with tert-alkyl or cyclic N) is 1. The Morgan fingerprint density at radius 2 is 2.09 bits per heavy atom. The summed E-state index contributed by atoms with van der Waals surface area (Å²) in [5.41, 5.74) is 0.246. The standard InChI is InChI=1S/C15H22BrFN2O3/c1-5-22-14(21)19-13-10(16)6-9(7-11(13)17)12(20)8-18-15(2,3)4/h6-7,12,18,20H,5,8H2,1-4H3,(H,19,21). The van der Waals surface area contributed by atoms with E-state index in [0.29, 0.717) is 16.6 Å². The predicted molar refractivity (Wildman–Crippen MR) is 87.5 cm³/mol. The number of benzene rings is 1. The summed E-state index contributed by atoms with van der Waals surface area (Å²) in [5, 5.41) is 15.6. The fourth-order valence-electron chi connectivity index (χ4n) is 1.69. The second-order valence-electron chi connectivity index (χ2n) is 5.85. The summed E-state index contributed by atoms with van der Waals surface area (Å²) in [6, 6.07) is 2.76. The number of nitrogens with one attached hydrogen (secondary N) is 2. The first kappa shape index (κ1) is 18.9. The molecule has 1 aromatic rings. The monoisotopic (exact) mass is 376 g/mol. The largest absolute Gasteiger partial charge is 0.450 e. The summed E-state index contributed by atoms with van der Waals surface area (Å²) < 4.78 is 19.2. The van der Waals surface area contributed by atoms with Gasteiger partial charge in [-0.15, -0.1) is 0 Å². The molecule has 0 aliphatic rings. The van der Waals surface area contributed by atoms with Crippen LogP contribution in [0.1, 0.15) is 39.4 Å². The summed E-state index contributed by atoms with van der Waals surface area (Å²) in [7, 11) is 0. The molecule has 0 heterocycles. The van der Waals surface area contributed by atoms with Crippen molar-refractivity contribution in [2.45, 2.75) is 39.3 Å². The minimum Gasteiger partial charge on any atom is -0.450 e. The van der Waals surface area contributed by atoms with Crippen molar-refractivity contribution in [3.63, 3.8) is 0 Å². The van der Waals surface area contributed by atoms with Crippen LogP contribution in [0.4, 0.5) is 14.9 Å². The van der Waals surface area contributed by atoms with Gasteiger partial charge in [-0.1, -0.05) is 0 Å². The first-order valence-electron chi connectivity index (χ1n) is 7.00. The SMILES string of the molecule is CCOC(=O)Nc1c(F)cc(C(O)CNC(C)(C)C)cc1Br. The minimum atomic E-state index is -0.860. The molecule has 1 aromatic carbocycles. The van der Waals surface area contributed by atoms with Crippen molar-refractivity contribution in [1.82, 2.24) is 5.32 Å². The van der Waals surface area contributed by atoms with Gasteiger partial charge >= 0.3 is 6.09 Å². The van der Waals surface area contributed by atoms with E-state index in [1.807, 2.05) is 20.8 Å². The number of halogens is 2. The highest BCUT2D eigenvalue weighted by Gasteiger charge is 2.18. The molecule has 7 heteroatoms. The van der Waals surface area contributed by atoms with Crippen molar-refractivity contribution in [1.29, 1.82) is 0 Å². The van der Waals surface area contributed by atoms with Gasteiger partial charge in [-0.2, -0.15) is 0 Å². The van der Waals surface area contributed by atoms with Gasteiger partial charge in [0, 0.05) is 16.6 Å². The molecule has 0 fully saturated rings. The van der Waals surface area contributed by atoms with Crippen LogP contribution in [0.2, 0.25) is 0 Å². The number of carbonyl (C=O) groups excluding carboxylic acids is 1. The van der Waals surface area contributed by atoms with Crippen LogP contribution >= 0.6 is 15.9 Å². The van der Waals surface area contributed by atoms with E-state index < -0.39 is 18.0 Å². The molecular formula is C15H22BrFN2O3. The van der Waals surface area contributed by atoms with Gasteiger partial charge in [0.05, 0.1) is 18.4 Å². The normalized spacial score (nSPS) is 12.9. The highest BCUT2D eigenvalue weighted by molar-refractivity contribution is 9.10. The van der Waals surface area contributed by atoms with Crippen LogP contribution in [0.25, 0.3) is 0 Å². The van der Waals surface area contributed by atoms with Crippen LogP contribution < -0.4 is 10.6 Å². The van der Waals surface area contributed by atoms with Crippen LogP contribution in [0.3, 0.4) is 0 Å². The lowest BCUT2D eigenvalue weighted by Crippen LogP contribution is -2.38. The Morgan fingerprint density at radius 1 is 1.45 bits per heavy atom. The van der Waals surface area contributed by atoms with E-state index in [1.54, 1.807) is 13.0 Å². The third-order valence-electron chi connectivity index (χ3n) is 2.78. The number of aliphatic hydroxyl groups excluding tert-OH is 1. The van der Waals surface area contributed by atoms with Crippen molar-refractivity contribution in [2.75, 3.05) is 18.5 Å². The predicted octanol–water partition coefficient (Wildman–Crippen LogP) is 3.58. The molecule has 1 atom stereocenters. The Labute approximate surface area is 138 Å². The second kappa shape index (κ2) is 7.89. The van der Waals surface area contributed by atoms with Crippen LogP contribution in [0.15, 0.2) is 16.6 Å². The second-order valence-corrected chi connectivity index (χ2v) is 6.71. The molecule has 0 saturated heterocycles. The molecule has 3 N–H and O–H groups in total. The maximum Gasteiger partial charge on any atom is 0.411 e. The number of carbonyl (C=O) groups is 1. The quantitative estimate of drug-likeness (QED) is 0.734. The number of anilines is 1. The lowest BCUT2D eigenvalue weighted by Gasteiger charge is -2.23. The summed E-state index contributed by atoms with van der Waals surface area (Å²) in [4.78, 5) is 11.4. The van der Waals surface area contributed by atoms with Gasteiger partial charge in [0.2, 0.25) is 0 Å². The fourth-order valence-corrected chi connectivity index (χ4v) is 2.25. The Morgan fingerprint density at radius 3 is 2.59 bits per heavy atom. The highest BCUT2D eigenvalue weighted by atomic mass is 79.9. The van der Waals surface area contributed by atoms with E-state index in [0.717, 1.165) is 0 Å². The first-order chi connectivity index (χ1) is 10.1. The number of amides is 1. The maximum atomic E-state index is 14.1. The lowest BCUT2D eigenvalue weighted by molar-refractivity contribution is 0.163. The zero-order valence-electron chi connectivity index (χ0n) is 13.2. The highest BCUT2D eigenvalue weighted by Crippen LogP contribution is 2.30. The summed E-state index contributed by atoms with van der Waals surface area (Å²) in [5.74, 6) is -0.646. The van der Waals surface area contributed by atoms with Crippen molar-refractivity contribution in [3.05, 3.63) is 28.0 Å². The molecule has 0 aliphatic carbocycles. The Kier molecular flexibility index (Phi) is 6.77. The number of hydrogen-bond acceptors (Lipinski definition) is 4. The van der Waals surface area contributed by atoms with Gasteiger partial charge in [-0.3, -0.25) is 5.32 Å². The number of hydrogen-bond donors (Lipinski definition) is 3. The van der Waals surface area contributed by atoms with Gasteiger partial charge in [0.1, 0.15) is 5.82 Å². The molecule has 22 heavy (non-hydrogen) atoms. The molecule has 1 amide bonds. The molecule has 0 radical (unpaired) electrons. The Balaban J connectivity index is 2.86. The smallest absolute Gasteiger partial charge is 0.411 e. The van der Waals surface area contributed by atoms with E-state index in [-0.39, 0.29) is 17.8 Å². The third-order valence-corrected chi connectivity index (χ3v) is 3.40. The average molecular weight is 377 g/mol. The van der Waals surface area contributed by atoms with E-state index in [4.69, 9.17) is 4.74 Å². The molecule has 0 aromatic heterocycles. The third kappa shape index (κ3) is 5.90. The zero-order valence-corrected chi connectivity index (χ0v) is 14.8. The van der Waals surface area contributed by atoms with Gasteiger partial charge in [-0.05, 0) is 61.3 Å². The number of aliphatic hydroxyl groups is 1. The molecule has 0 saturated carbocycles. The van der Waals surface area contributed by atoms with Crippen molar-refractivity contribution in [2.24, 2.45) is 0 Å². The van der Waals surface area contributed by atoms with E-state index in [2.05, 4.69) is 26.6 Å². The van der Waals surface area contributed by atoms with E-state index in [1.165, 1.54) is 6.07 Å². The van der Waals surface area contributed by atoms with Gasteiger partial charge in [0.25, 0.3) is 0 Å². The topological polar surface area (TPSA) is 70.6 Å². The molecule has 0 spiro atoms. The summed E-state index contributed by atoms with van der Waals surface area (Å²) >= 11 is 3.19. The number of ether oxygens (including phenoxy) is 1. The van der Waals surface area contributed by atoms with Gasteiger partial charge in [0.15, 0.2) is 0 Å². The van der Waals surface area contributed by atoms with Crippen LogP contribution in [0, 0.1) is 5.82 Å². The van der Waals surface area contributed by atoms with Crippen LogP contribution in [0.5, 0.6) is 0 Å². The maximum absolute atomic E-state index is 14.1. The average Bonchev–Trinajstić information content (AvgIpc) is 2.39. The summed E-state index contributed by atoms with van der Waals surface area (Å²) in [6.45, 7) is 8.07.